The van der Waals surface area contributed by atoms with Crippen molar-refractivity contribution in [1.82, 2.24) is 0 Å². The Morgan fingerprint density at radius 2 is 0.727 bits per heavy atom. The van der Waals surface area contributed by atoms with Crippen LogP contribution in [0.1, 0.15) is 103 Å². The third-order valence-electron chi connectivity index (χ3n) is 8.63. The molecule has 4 aromatic carbocycles. The Labute approximate surface area is 271 Å². The molecule has 4 aromatic rings. The summed E-state index contributed by atoms with van der Waals surface area (Å²) in [5, 5.41) is 0. The number of carbonyl (C=O) groups excluding carboxylic acids is 1. The van der Waals surface area contributed by atoms with Crippen LogP contribution in [0.4, 0.5) is 17.1 Å². The zero-order valence-electron chi connectivity index (χ0n) is 30.9. The van der Waals surface area contributed by atoms with Gasteiger partial charge in [-0.15, -0.1) is 0 Å². The Hall–Kier alpha value is -3.65. The fraction of sp³-hybridized carbons (Fsp3) is 0.405. The highest BCUT2D eigenvalue weighted by Gasteiger charge is 2.25. The molecule has 0 bridgehead atoms. The Bertz CT molecular complexity index is 1310. The van der Waals surface area contributed by atoms with Crippen molar-refractivity contribution in [2.24, 2.45) is 0 Å². The fourth-order valence-corrected chi connectivity index (χ4v) is 5.29. The maximum Gasteiger partial charge on any atom is 0.116 e. The van der Waals surface area contributed by atoms with E-state index in [1.54, 1.807) is 0 Å². The Kier molecular flexibility index (Phi) is 18.6. The molecule has 44 heavy (non-hydrogen) atoms. The molecule has 0 unspecified atom stereocenters. The van der Waals surface area contributed by atoms with Gasteiger partial charge in [0.05, 0.1) is 11.4 Å². The highest BCUT2D eigenvalue weighted by molar-refractivity contribution is 5.86. The molecule has 0 aromatic heterocycles. The highest BCUT2D eigenvalue weighted by Crippen LogP contribution is 2.46. The average Bonchev–Trinajstić information content (AvgIpc) is 3.07. The van der Waals surface area contributed by atoms with Crippen molar-refractivity contribution < 1.29 is 4.79 Å². The standard InChI is InChI=1S/C28H35N.C8H10.C2H4O.2C2H6/c1-16-18(3)22(7)27(23(8)19(16)4)29(26-14-12-11-13-15-26)28-24(9)20(5)17(2)21(6)25(28)10;1-2-8-6-4-3-5-7-8;1-2-3;2*1-2/h11-15H,1-10H3;3-7H,2H2,1H3;2H,1H3;2*1-2H3. The lowest BCUT2D eigenvalue weighted by Gasteiger charge is -2.34. The van der Waals surface area contributed by atoms with Gasteiger partial charge in [-0.05, 0) is 156 Å². The number of hydrogen-bond donors (Lipinski definition) is 0. The minimum Gasteiger partial charge on any atom is -0.309 e. The van der Waals surface area contributed by atoms with E-state index in [9.17, 15) is 0 Å². The van der Waals surface area contributed by atoms with E-state index in [2.05, 4.69) is 136 Å². The molecule has 240 valence electrons. The molecule has 0 amide bonds. The number of para-hydroxylation sites is 1. The summed E-state index contributed by atoms with van der Waals surface area (Å²) in [4.78, 5) is 11.3. The first-order chi connectivity index (χ1) is 20.9. The molecule has 2 nitrogen and oxygen atoms in total. The van der Waals surface area contributed by atoms with Crippen molar-refractivity contribution in [1.29, 1.82) is 0 Å². The fourth-order valence-electron chi connectivity index (χ4n) is 5.29. The molecule has 0 saturated heterocycles. The van der Waals surface area contributed by atoms with Crippen LogP contribution >= 0.6 is 0 Å². The molecule has 0 fully saturated rings. The molecule has 0 saturated carbocycles. The summed E-state index contributed by atoms with van der Waals surface area (Å²) in [6.07, 6.45) is 1.89. The molecule has 0 N–H and O–H groups in total. The van der Waals surface area contributed by atoms with Crippen LogP contribution in [0.15, 0.2) is 60.7 Å². The number of nitrogens with zero attached hydrogens (tertiary/aromatic N) is 1. The minimum atomic E-state index is 0.750. The van der Waals surface area contributed by atoms with Crippen LogP contribution < -0.4 is 4.90 Å². The van der Waals surface area contributed by atoms with Gasteiger partial charge < -0.3 is 9.69 Å². The number of hydrogen-bond acceptors (Lipinski definition) is 2. The third-order valence-corrected chi connectivity index (χ3v) is 8.63. The lowest BCUT2D eigenvalue weighted by Crippen LogP contribution is -2.18. The average molecular weight is 596 g/mol. The summed E-state index contributed by atoms with van der Waals surface area (Å²) >= 11 is 0. The van der Waals surface area contributed by atoms with Crippen molar-refractivity contribution >= 4 is 23.3 Å². The second-order valence-corrected chi connectivity index (χ2v) is 10.7. The lowest BCUT2D eigenvalue weighted by molar-refractivity contribution is -0.106. The molecule has 2 heteroatoms. The maximum atomic E-state index is 8.81. The minimum absolute atomic E-state index is 0.750. The normalized spacial score (nSPS) is 9.55. The van der Waals surface area contributed by atoms with Crippen LogP contribution in [0.2, 0.25) is 0 Å². The smallest absolute Gasteiger partial charge is 0.116 e. The Morgan fingerprint density at radius 1 is 0.477 bits per heavy atom. The van der Waals surface area contributed by atoms with E-state index < -0.39 is 0 Å². The van der Waals surface area contributed by atoms with E-state index in [-0.39, 0.29) is 0 Å². The number of benzene rings is 4. The van der Waals surface area contributed by atoms with Gasteiger partial charge in [0.2, 0.25) is 0 Å². The molecule has 0 aliphatic carbocycles. The van der Waals surface area contributed by atoms with Crippen LogP contribution in [-0.4, -0.2) is 6.29 Å². The molecule has 4 rings (SSSR count). The highest BCUT2D eigenvalue weighted by atomic mass is 16.1. The molecular weight excluding hydrogens is 534 g/mol. The van der Waals surface area contributed by atoms with Gasteiger partial charge in [-0.3, -0.25) is 0 Å². The van der Waals surface area contributed by atoms with Crippen molar-refractivity contribution in [3.05, 3.63) is 122 Å². The van der Waals surface area contributed by atoms with Crippen LogP contribution in [0.3, 0.4) is 0 Å². The summed E-state index contributed by atoms with van der Waals surface area (Å²) in [6, 6.07) is 21.3. The van der Waals surface area contributed by atoms with Crippen LogP contribution in [0, 0.1) is 69.2 Å². The molecular formula is C42H61NO. The number of carbonyl (C=O) groups is 1. The molecule has 0 aliphatic rings. The second kappa shape index (κ2) is 20.3. The van der Waals surface area contributed by atoms with Gasteiger partial charge in [-0.2, -0.15) is 0 Å². The van der Waals surface area contributed by atoms with Crippen molar-refractivity contribution in [2.45, 2.75) is 117 Å². The monoisotopic (exact) mass is 595 g/mol. The van der Waals surface area contributed by atoms with Gasteiger partial charge in [-0.1, -0.05) is 83.1 Å². The number of aldehydes is 1. The number of aryl methyl sites for hydroxylation is 1. The summed E-state index contributed by atoms with van der Waals surface area (Å²) in [7, 11) is 0. The molecule has 0 atom stereocenters. The Balaban J connectivity index is 0.00000103. The number of rotatable bonds is 4. The summed E-state index contributed by atoms with van der Waals surface area (Å²) in [5.41, 5.74) is 19.1. The SMILES string of the molecule is CC.CC.CC=O.CCc1ccccc1.Cc1c(C)c(C)c(N(c2ccccc2)c2c(C)c(C)c(C)c(C)c2C)c(C)c1C. The van der Waals surface area contributed by atoms with Gasteiger partial charge in [0, 0.05) is 5.69 Å². The van der Waals surface area contributed by atoms with Crippen LogP contribution in [0.5, 0.6) is 0 Å². The van der Waals surface area contributed by atoms with Gasteiger partial charge in [0.1, 0.15) is 6.29 Å². The predicted molar refractivity (Wildman–Crippen MR) is 199 cm³/mol. The second-order valence-electron chi connectivity index (χ2n) is 10.7. The van der Waals surface area contributed by atoms with Crippen LogP contribution in [0.25, 0.3) is 0 Å². The summed E-state index contributed by atoms with van der Waals surface area (Å²) in [5.74, 6) is 0. The topological polar surface area (TPSA) is 20.3 Å². The quantitative estimate of drug-likeness (QED) is 0.219. The zero-order valence-corrected chi connectivity index (χ0v) is 30.9. The first-order valence-corrected chi connectivity index (χ1v) is 16.4. The van der Waals surface area contributed by atoms with E-state index in [1.165, 1.54) is 85.2 Å². The molecule has 0 spiro atoms. The first kappa shape index (κ1) is 40.4. The van der Waals surface area contributed by atoms with Gasteiger partial charge in [0.25, 0.3) is 0 Å². The van der Waals surface area contributed by atoms with E-state index in [0.29, 0.717) is 0 Å². The largest absolute Gasteiger partial charge is 0.309 e. The van der Waals surface area contributed by atoms with Crippen molar-refractivity contribution in [3.63, 3.8) is 0 Å². The van der Waals surface area contributed by atoms with Crippen molar-refractivity contribution in [3.8, 4) is 0 Å². The maximum absolute atomic E-state index is 8.81. The van der Waals surface area contributed by atoms with Gasteiger partial charge in [0.15, 0.2) is 0 Å². The van der Waals surface area contributed by atoms with Crippen molar-refractivity contribution in [2.75, 3.05) is 4.90 Å². The summed E-state index contributed by atoms with van der Waals surface area (Å²) < 4.78 is 0. The van der Waals surface area contributed by atoms with E-state index in [1.807, 2.05) is 33.8 Å². The number of anilines is 3. The summed E-state index contributed by atoms with van der Waals surface area (Å²) in [6.45, 7) is 34.2. The predicted octanol–water partition coefficient (Wildman–Crippen LogP) is 12.7. The molecule has 0 radical (unpaired) electrons. The van der Waals surface area contributed by atoms with E-state index in [0.717, 1.165) is 12.7 Å². The third kappa shape index (κ3) is 9.68. The Morgan fingerprint density at radius 3 is 0.977 bits per heavy atom. The van der Waals surface area contributed by atoms with E-state index >= 15 is 0 Å². The van der Waals surface area contributed by atoms with E-state index in [4.69, 9.17) is 4.79 Å². The van der Waals surface area contributed by atoms with Gasteiger partial charge >= 0.3 is 0 Å². The van der Waals surface area contributed by atoms with Crippen LogP contribution in [-0.2, 0) is 11.2 Å². The van der Waals surface area contributed by atoms with Gasteiger partial charge in [-0.25, -0.2) is 0 Å². The molecule has 0 heterocycles. The lowest BCUT2D eigenvalue weighted by atomic mass is 9.89. The molecule has 0 aliphatic heterocycles. The first-order valence-electron chi connectivity index (χ1n) is 16.4. The zero-order chi connectivity index (χ0) is 34.1.